The lowest BCUT2D eigenvalue weighted by Gasteiger charge is -2.14. The van der Waals surface area contributed by atoms with Gasteiger partial charge >= 0.3 is 0 Å². The maximum absolute atomic E-state index is 12.0. The highest BCUT2D eigenvalue weighted by Gasteiger charge is 2.14. The first-order valence-electron chi connectivity index (χ1n) is 4.83. The molecular formula is C11H10ClNOS3. The van der Waals surface area contributed by atoms with Gasteiger partial charge in [0.1, 0.15) is 0 Å². The minimum atomic E-state index is 0.0137. The summed E-state index contributed by atoms with van der Waals surface area (Å²) in [6.45, 7) is 0.579. The maximum Gasteiger partial charge on any atom is 0.264 e. The zero-order chi connectivity index (χ0) is 12.4. The number of halogens is 1. The molecule has 0 aliphatic rings. The first kappa shape index (κ1) is 13.0. The third kappa shape index (κ3) is 3.25. The van der Waals surface area contributed by atoms with E-state index < -0.39 is 0 Å². The fourth-order valence-electron chi connectivity index (χ4n) is 1.37. The third-order valence-corrected chi connectivity index (χ3v) is 4.73. The first-order chi connectivity index (χ1) is 8.06. The quantitative estimate of drug-likeness (QED) is 0.849. The van der Waals surface area contributed by atoms with Gasteiger partial charge in [0.2, 0.25) is 0 Å². The highest BCUT2D eigenvalue weighted by atomic mass is 35.5. The summed E-state index contributed by atoms with van der Waals surface area (Å²) in [5.74, 6) is 0.0137. The fourth-order valence-corrected chi connectivity index (χ4v) is 3.65. The van der Waals surface area contributed by atoms with Crippen LogP contribution in [-0.4, -0.2) is 17.9 Å². The van der Waals surface area contributed by atoms with E-state index in [1.807, 2.05) is 17.5 Å². The molecule has 0 saturated heterocycles. The largest absolute Gasteiger partial charge is 0.336 e. The molecule has 0 aliphatic carbocycles. The molecule has 90 valence electrons. The Kier molecular flexibility index (Phi) is 4.14. The summed E-state index contributed by atoms with van der Waals surface area (Å²) in [5, 5.41) is 1.85. The lowest BCUT2D eigenvalue weighted by Crippen LogP contribution is -2.24. The zero-order valence-corrected chi connectivity index (χ0v) is 12.3. The first-order valence-corrected chi connectivity index (χ1v) is 7.35. The van der Waals surface area contributed by atoms with Crippen molar-refractivity contribution in [2.75, 3.05) is 7.05 Å². The van der Waals surface area contributed by atoms with Crippen molar-refractivity contribution in [3.63, 3.8) is 0 Å². The molecule has 0 radical (unpaired) electrons. The van der Waals surface area contributed by atoms with Gasteiger partial charge in [0.25, 0.3) is 5.91 Å². The summed E-state index contributed by atoms with van der Waals surface area (Å²) in [6, 6.07) is 5.57. The smallest absolute Gasteiger partial charge is 0.264 e. The second-order valence-electron chi connectivity index (χ2n) is 3.54. The van der Waals surface area contributed by atoms with Crippen molar-refractivity contribution < 1.29 is 4.79 Å². The van der Waals surface area contributed by atoms with Crippen LogP contribution in [0.5, 0.6) is 0 Å². The molecule has 0 fully saturated rings. The van der Waals surface area contributed by atoms with Crippen molar-refractivity contribution in [1.82, 2.24) is 4.90 Å². The molecule has 0 saturated carbocycles. The lowest BCUT2D eigenvalue weighted by molar-refractivity contribution is 0.0791. The second-order valence-corrected chi connectivity index (χ2v) is 6.76. The van der Waals surface area contributed by atoms with Gasteiger partial charge < -0.3 is 4.90 Å². The van der Waals surface area contributed by atoms with Gasteiger partial charge in [0, 0.05) is 22.2 Å². The van der Waals surface area contributed by atoms with Crippen molar-refractivity contribution in [3.05, 3.63) is 37.7 Å². The number of carbonyl (C=O) groups excluding carboxylic acids is 1. The van der Waals surface area contributed by atoms with E-state index in [1.54, 1.807) is 18.0 Å². The van der Waals surface area contributed by atoms with Crippen LogP contribution in [-0.2, 0) is 6.54 Å². The molecule has 0 bridgehead atoms. The zero-order valence-electron chi connectivity index (χ0n) is 9.01. The molecule has 0 spiro atoms. The van der Waals surface area contributed by atoms with Crippen LogP contribution in [0.15, 0.2) is 28.5 Å². The average molecular weight is 304 g/mol. The summed E-state index contributed by atoms with van der Waals surface area (Å²) < 4.78 is 0.745. The van der Waals surface area contributed by atoms with Gasteiger partial charge in [-0.3, -0.25) is 4.79 Å². The summed E-state index contributed by atoms with van der Waals surface area (Å²) >= 11 is 13.0. The third-order valence-electron chi connectivity index (χ3n) is 2.16. The molecule has 0 atom stereocenters. The topological polar surface area (TPSA) is 20.3 Å². The SMILES string of the molecule is CN(Cc1ccc(Cl)s1)C(=O)c1cc(S)cs1. The molecule has 0 aliphatic heterocycles. The average Bonchev–Trinajstić information content (AvgIpc) is 2.87. The summed E-state index contributed by atoms with van der Waals surface area (Å²) in [7, 11) is 1.79. The van der Waals surface area contributed by atoms with Crippen LogP contribution >= 0.6 is 46.9 Å². The number of rotatable bonds is 3. The molecular weight excluding hydrogens is 294 g/mol. The molecule has 2 aromatic heterocycles. The molecule has 2 nitrogen and oxygen atoms in total. The highest BCUT2D eigenvalue weighted by Crippen LogP contribution is 2.24. The normalized spacial score (nSPS) is 10.5. The van der Waals surface area contributed by atoms with Crippen LogP contribution in [0.1, 0.15) is 14.5 Å². The Morgan fingerprint density at radius 2 is 2.29 bits per heavy atom. The number of thiophene rings is 2. The Bertz CT molecular complexity index is 534. The Balaban J connectivity index is 2.05. The van der Waals surface area contributed by atoms with Crippen LogP contribution in [0.2, 0.25) is 4.34 Å². The number of thiol groups is 1. The molecule has 6 heteroatoms. The van der Waals surface area contributed by atoms with Gasteiger partial charge in [0.05, 0.1) is 15.8 Å². The van der Waals surface area contributed by atoms with E-state index >= 15 is 0 Å². The van der Waals surface area contributed by atoms with E-state index in [9.17, 15) is 4.79 Å². The molecule has 17 heavy (non-hydrogen) atoms. The summed E-state index contributed by atoms with van der Waals surface area (Å²) in [4.78, 5) is 16.3. The monoisotopic (exact) mass is 303 g/mol. The number of nitrogens with zero attached hydrogens (tertiary/aromatic N) is 1. The van der Waals surface area contributed by atoms with Crippen molar-refractivity contribution in [2.24, 2.45) is 0 Å². The van der Waals surface area contributed by atoms with Gasteiger partial charge in [-0.2, -0.15) is 0 Å². The summed E-state index contributed by atoms with van der Waals surface area (Å²) in [5.41, 5.74) is 0. The Morgan fingerprint density at radius 1 is 1.53 bits per heavy atom. The molecule has 2 heterocycles. The van der Waals surface area contributed by atoms with Crippen molar-refractivity contribution in [2.45, 2.75) is 11.4 Å². The standard InChI is InChI=1S/C11H10ClNOS3/c1-13(5-8-2-3-10(12)17-8)11(14)9-4-7(15)6-16-9/h2-4,6,15H,5H2,1H3. The Hall–Kier alpha value is -0.490. The van der Waals surface area contributed by atoms with Gasteiger partial charge in [-0.25, -0.2) is 0 Å². The molecule has 2 aromatic rings. The van der Waals surface area contributed by atoms with Crippen LogP contribution in [0.3, 0.4) is 0 Å². The summed E-state index contributed by atoms with van der Waals surface area (Å²) in [6.07, 6.45) is 0. The second kappa shape index (κ2) is 5.44. The Labute approximate surface area is 118 Å². The number of hydrogen-bond donors (Lipinski definition) is 1. The fraction of sp³-hybridized carbons (Fsp3) is 0.182. The van der Waals surface area contributed by atoms with E-state index in [0.29, 0.717) is 11.4 Å². The number of amides is 1. The minimum absolute atomic E-state index is 0.0137. The molecule has 0 N–H and O–H groups in total. The lowest BCUT2D eigenvalue weighted by atomic mass is 10.4. The molecule has 0 unspecified atom stereocenters. The predicted molar refractivity (Wildman–Crippen MR) is 76.7 cm³/mol. The van der Waals surface area contributed by atoms with Gasteiger partial charge in [0.15, 0.2) is 0 Å². The van der Waals surface area contributed by atoms with Gasteiger partial charge in [-0.05, 0) is 18.2 Å². The van der Waals surface area contributed by atoms with Gasteiger partial charge in [-0.15, -0.1) is 35.3 Å². The van der Waals surface area contributed by atoms with E-state index in [-0.39, 0.29) is 5.91 Å². The van der Waals surface area contributed by atoms with Crippen molar-refractivity contribution >= 4 is 52.8 Å². The number of carbonyl (C=O) groups is 1. The van der Waals surface area contributed by atoms with Crippen LogP contribution in [0.25, 0.3) is 0 Å². The van der Waals surface area contributed by atoms with Crippen molar-refractivity contribution in [1.29, 1.82) is 0 Å². The molecule has 2 rings (SSSR count). The predicted octanol–water partition coefficient (Wildman–Crippen LogP) is 4.02. The van der Waals surface area contributed by atoms with Crippen molar-refractivity contribution in [3.8, 4) is 0 Å². The van der Waals surface area contributed by atoms with E-state index in [1.165, 1.54) is 22.7 Å². The Morgan fingerprint density at radius 3 is 2.82 bits per heavy atom. The van der Waals surface area contributed by atoms with Crippen LogP contribution in [0, 0.1) is 0 Å². The highest BCUT2D eigenvalue weighted by molar-refractivity contribution is 7.80. The molecule has 1 amide bonds. The van der Waals surface area contributed by atoms with Crippen LogP contribution in [0.4, 0.5) is 0 Å². The van der Waals surface area contributed by atoms with E-state index in [4.69, 9.17) is 11.6 Å². The van der Waals surface area contributed by atoms with Gasteiger partial charge in [-0.1, -0.05) is 11.6 Å². The van der Waals surface area contributed by atoms with E-state index in [2.05, 4.69) is 12.6 Å². The number of hydrogen-bond acceptors (Lipinski definition) is 4. The molecule has 0 aromatic carbocycles. The minimum Gasteiger partial charge on any atom is -0.336 e. The maximum atomic E-state index is 12.0. The van der Waals surface area contributed by atoms with Crippen LogP contribution < -0.4 is 0 Å². The van der Waals surface area contributed by atoms with E-state index in [0.717, 1.165) is 14.1 Å².